The number of rotatable bonds is 13. The van der Waals surface area contributed by atoms with Crippen LogP contribution >= 0.6 is 0 Å². The van der Waals surface area contributed by atoms with Gasteiger partial charge in [-0.05, 0) is 57.2 Å². The molecule has 0 amide bonds. The average molecular weight is 434 g/mol. The summed E-state index contributed by atoms with van der Waals surface area (Å²) < 4.78 is 5.70. The quantitative estimate of drug-likeness (QED) is 0.346. The molecule has 1 heterocycles. The molecule has 0 saturated heterocycles. The van der Waals surface area contributed by atoms with E-state index in [0.29, 0.717) is 11.8 Å². The molecule has 1 aromatic rings. The van der Waals surface area contributed by atoms with E-state index in [4.69, 9.17) is 15.6 Å². The number of nitrogens with one attached hydrogen (secondary N) is 2. The van der Waals surface area contributed by atoms with Gasteiger partial charge in [-0.25, -0.2) is 4.98 Å². The summed E-state index contributed by atoms with van der Waals surface area (Å²) in [6, 6.07) is 0. The maximum absolute atomic E-state index is 10.8. The second-order valence-electron chi connectivity index (χ2n) is 8.46. The highest BCUT2D eigenvalue weighted by Crippen LogP contribution is 2.33. The molecule has 1 saturated carbocycles. The zero-order valence-electron chi connectivity index (χ0n) is 19.2. The maximum Gasteiger partial charge on any atom is 0.303 e. The molecule has 0 radical (unpaired) electrons. The van der Waals surface area contributed by atoms with Crippen LogP contribution in [0.1, 0.15) is 69.5 Å². The molecule has 174 valence electrons. The maximum atomic E-state index is 10.8. The summed E-state index contributed by atoms with van der Waals surface area (Å²) in [5, 5.41) is 15.7. The molecule has 5 N–H and O–H groups in total. The van der Waals surface area contributed by atoms with Crippen molar-refractivity contribution in [2.75, 3.05) is 31.2 Å². The molecule has 1 aliphatic carbocycles. The van der Waals surface area contributed by atoms with Crippen molar-refractivity contribution in [2.45, 2.75) is 71.3 Å². The van der Waals surface area contributed by atoms with E-state index in [1.807, 2.05) is 19.2 Å². The number of hydrogen-bond donors (Lipinski definition) is 4. The minimum Gasteiger partial charge on any atom is -0.481 e. The number of aliphatic carboxylic acids is 1. The molecule has 2 rings (SSSR count). The van der Waals surface area contributed by atoms with Crippen LogP contribution in [0.15, 0.2) is 6.20 Å². The van der Waals surface area contributed by atoms with Crippen LogP contribution in [0.4, 0.5) is 11.8 Å². The van der Waals surface area contributed by atoms with Crippen molar-refractivity contribution in [1.82, 2.24) is 15.3 Å². The van der Waals surface area contributed by atoms with Gasteiger partial charge >= 0.3 is 5.97 Å². The number of carboxylic acid groups (broad SMARTS) is 1. The molecule has 3 atom stereocenters. The van der Waals surface area contributed by atoms with Crippen molar-refractivity contribution in [2.24, 2.45) is 11.8 Å². The third-order valence-electron chi connectivity index (χ3n) is 6.12. The van der Waals surface area contributed by atoms with Crippen LogP contribution in [-0.2, 0) is 9.53 Å². The first kappa shape index (κ1) is 24.9. The van der Waals surface area contributed by atoms with E-state index in [1.165, 1.54) is 12.8 Å². The van der Waals surface area contributed by atoms with Crippen LogP contribution in [0.25, 0.3) is 6.08 Å². The summed E-state index contributed by atoms with van der Waals surface area (Å²) in [4.78, 5) is 19.5. The fourth-order valence-corrected chi connectivity index (χ4v) is 4.21. The first-order valence-electron chi connectivity index (χ1n) is 11.5. The van der Waals surface area contributed by atoms with Gasteiger partial charge in [-0.15, -0.1) is 0 Å². The van der Waals surface area contributed by atoms with Gasteiger partial charge in [-0.1, -0.05) is 19.8 Å². The normalized spacial score (nSPS) is 21.3. The number of nitrogens with two attached hydrogens (primary N) is 1. The highest BCUT2D eigenvalue weighted by atomic mass is 16.5. The molecule has 1 fully saturated rings. The van der Waals surface area contributed by atoms with E-state index >= 15 is 0 Å². The van der Waals surface area contributed by atoms with E-state index < -0.39 is 5.97 Å². The van der Waals surface area contributed by atoms with Gasteiger partial charge in [0.05, 0.1) is 11.8 Å². The lowest BCUT2D eigenvalue weighted by molar-refractivity contribution is -0.137. The second-order valence-corrected chi connectivity index (χ2v) is 8.46. The molecule has 8 nitrogen and oxygen atoms in total. The van der Waals surface area contributed by atoms with E-state index in [9.17, 15) is 4.79 Å². The third kappa shape index (κ3) is 8.36. The first-order chi connectivity index (χ1) is 14.9. The number of unbranched alkanes of at least 4 members (excludes halogenated alkanes) is 2. The van der Waals surface area contributed by atoms with Gasteiger partial charge in [0.25, 0.3) is 0 Å². The van der Waals surface area contributed by atoms with E-state index in [0.717, 1.165) is 62.3 Å². The average Bonchev–Trinajstić information content (AvgIpc) is 2.75. The van der Waals surface area contributed by atoms with Crippen molar-refractivity contribution >= 4 is 23.8 Å². The van der Waals surface area contributed by atoms with Gasteiger partial charge in [0.2, 0.25) is 5.95 Å². The van der Waals surface area contributed by atoms with Crippen LogP contribution < -0.4 is 16.4 Å². The molecule has 1 aromatic heterocycles. The first-order valence-corrected chi connectivity index (χ1v) is 11.5. The fourth-order valence-electron chi connectivity index (χ4n) is 4.21. The Morgan fingerprint density at radius 2 is 2.13 bits per heavy atom. The Kier molecular flexibility index (Phi) is 10.6. The van der Waals surface area contributed by atoms with E-state index in [2.05, 4.69) is 27.5 Å². The van der Waals surface area contributed by atoms with Crippen molar-refractivity contribution in [1.29, 1.82) is 0 Å². The zero-order chi connectivity index (χ0) is 22.6. The Morgan fingerprint density at radius 3 is 2.84 bits per heavy atom. The van der Waals surface area contributed by atoms with Crippen LogP contribution in [0, 0.1) is 18.8 Å². The number of anilines is 2. The summed E-state index contributed by atoms with van der Waals surface area (Å²) in [5.41, 5.74) is 7.69. The highest BCUT2D eigenvalue weighted by molar-refractivity contribution is 5.66. The zero-order valence-corrected chi connectivity index (χ0v) is 19.2. The minimum atomic E-state index is -0.720. The van der Waals surface area contributed by atoms with Gasteiger partial charge < -0.3 is 26.2 Å². The molecule has 0 spiro atoms. The molecule has 1 aliphatic rings. The fraction of sp³-hybridized carbons (Fsp3) is 0.696. The van der Waals surface area contributed by atoms with Crippen LogP contribution in [0.3, 0.4) is 0 Å². The molecule has 8 heteroatoms. The number of nitrogen functional groups attached to an aromatic ring is 1. The molecule has 31 heavy (non-hydrogen) atoms. The smallest absolute Gasteiger partial charge is 0.303 e. The number of nitrogens with zero attached hydrogens (tertiary/aromatic N) is 2. The minimum absolute atomic E-state index is 0.156. The molecule has 3 unspecified atom stereocenters. The van der Waals surface area contributed by atoms with Crippen molar-refractivity contribution in [3.8, 4) is 0 Å². The number of ether oxygens (including phenoxy) is 1. The summed E-state index contributed by atoms with van der Waals surface area (Å²) in [5.74, 6) is 1.18. The number of hydrogen-bond acceptors (Lipinski definition) is 7. The lowest BCUT2D eigenvalue weighted by atomic mass is 9.78. The number of carbonyl (C=O) groups is 1. The molecule has 0 bridgehead atoms. The van der Waals surface area contributed by atoms with E-state index in [1.54, 1.807) is 7.11 Å². The Morgan fingerprint density at radius 1 is 1.32 bits per heavy atom. The number of methoxy groups -OCH3 is 1. The van der Waals surface area contributed by atoms with Gasteiger partial charge in [0.1, 0.15) is 5.82 Å². The van der Waals surface area contributed by atoms with Crippen LogP contribution in [0.5, 0.6) is 0 Å². The van der Waals surface area contributed by atoms with Gasteiger partial charge in [-0.3, -0.25) is 4.79 Å². The Balaban J connectivity index is 1.86. The predicted molar refractivity (Wildman–Crippen MR) is 125 cm³/mol. The summed E-state index contributed by atoms with van der Waals surface area (Å²) in [6.45, 7) is 5.87. The van der Waals surface area contributed by atoms with Gasteiger partial charge in [-0.2, -0.15) is 4.98 Å². The van der Waals surface area contributed by atoms with Crippen LogP contribution in [-0.4, -0.2) is 47.3 Å². The van der Waals surface area contributed by atoms with Crippen molar-refractivity contribution in [3.63, 3.8) is 0 Å². The molecule has 0 aromatic carbocycles. The molecule has 0 aliphatic heterocycles. The summed E-state index contributed by atoms with van der Waals surface area (Å²) >= 11 is 0. The molecular weight excluding hydrogens is 394 g/mol. The van der Waals surface area contributed by atoms with Gasteiger partial charge in [0, 0.05) is 38.1 Å². The molecular formula is C23H39N5O3. The second kappa shape index (κ2) is 13.1. The topological polar surface area (TPSA) is 122 Å². The summed E-state index contributed by atoms with van der Waals surface area (Å²) in [6.07, 6.45) is 11.5. The predicted octanol–water partition coefficient (Wildman–Crippen LogP) is 3.83. The highest BCUT2D eigenvalue weighted by Gasteiger charge is 2.30. The number of aromatic nitrogens is 2. The Hall–Kier alpha value is -2.35. The lowest BCUT2D eigenvalue weighted by Gasteiger charge is -2.35. The number of carboxylic acids is 1. The monoisotopic (exact) mass is 433 g/mol. The third-order valence-corrected chi connectivity index (χ3v) is 6.12. The van der Waals surface area contributed by atoms with Crippen LogP contribution in [0.2, 0.25) is 0 Å². The van der Waals surface area contributed by atoms with Crippen molar-refractivity contribution < 1.29 is 14.6 Å². The summed E-state index contributed by atoms with van der Waals surface area (Å²) in [7, 11) is 1.75. The SMILES string of the molecule is CCCCCNc1nc(N)nc(/C=C\NCC2CCC(CCC(=O)O)CC2OC)c1C. The Labute approximate surface area is 186 Å². The Bertz CT molecular complexity index is 725. The standard InChI is InChI=1S/C23H39N5O3/c1-4-5-6-12-26-22-16(2)19(27-23(24)28-22)11-13-25-15-18-9-7-17(8-10-21(29)30)14-20(18)31-3/h11,13,17-18,20,25H,4-10,12,14-15H2,1-3H3,(H,29,30)(H3,24,26,27,28)/b13-11-. The van der Waals surface area contributed by atoms with Crippen molar-refractivity contribution in [3.05, 3.63) is 17.5 Å². The largest absolute Gasteiger partial charge is 0.481 e. The van der Waals surface area contributed by atoms with E-state index in [-0.39, 0.29) is 18.5 Å². The van der Waals surface area contributed by atoms with Gasteiger partial charge in [0.15, 0.2) is 0 Å². The lowest BCUT2D eigenvalue weighted by Crippen LogP contribution is -2.36.